The molecule has 1 atom stereocenters. The first kappa shape index (κ1) is 11.4. The molecule has 15 heavy (non-hydrogen) atoms. The Kier molecular flexibility index (Phi) is 4.00. The van der Waals surface area contributed by atoms with Gasteiger partial charge in [0, 0.05) is 29.6 Å². The van der Waals surface area contributed by atoms with Crippen molar-refractivity contribution in [2.45, 2.75) is 13.0 Å². The summed E-state index contributed by atoms with van der Waals surface area (Å²) in [5.41, 5.74) is 1.13. The van der Waals surface area contributed by atoms with Crippen molar-refractivity contribution >= 4 is 27.5 Å². The molecular formula is C11H14BrClN2. The third-order valence-corrected chi connectivity index (χ3v) is 3.67. The van der Waals surface area contributed by atoms with Gasteiger partial charge in [-0.15, -0.1) is 11.6 Å². The summed E-state index contributed by atoms with van der Waals surface area (Å²) in [6.45, 7) is 3.21. The topological polar surface area (TPSA) is 16.1 Å². The lowest BCUT2D eigenvalue weighted by Crippen LogP contribution is -2.21. The van der Waals surface area contributed by atoms with Gasteiger partial charge in [-0.1, -0.05) is 0 Å². The molecule has 2 heterocycles. The molecule has 1 aromatic rings. The first-order valence-electron chi connectivity index (χ1n) is 5.16. The normalized spacial score (nSPS) is 22.1. The molecule has 1 aliphatic rings. The van der Waals surface area contributed by atoms with Gasteiger partial charge in [-0.2, -0.15) is 0 Å². The fraction of sp³-hybridized carbons (Fsp3) is 0.545. The predicted octanol–water partition coefficient (Wildman–Crippen LogP) is 2.90. The maximum atomic E-state index is 5.85. The minimum absolute atomic E-state index is 0.669. The van der Waals surface area contributed by atoms with Gasteiger partial charge in [0.15, 0.2) is 0 Å². The highest BCUT2D eigenvalue weighted by molar-refractivity contribution is 9.10. The van der Waals surface area contributed by atoms with E-state index in [4.69, 9.17) is 11.6 Å². The molecule has 1 unspecified atom stereocenters. The molecule has 82 valence electrons. The van der Waals surface area contributed by atoms with Gasteiger partial charge in [0.25, 0.3) is 0 Å². The van der Waals surface area contributed by atoms with Crippen molar-refractivity contribution in [2.75, 3.05) is 19.0 Å². The first-order valence-corrected chi connectivity index (χ1v) is 6.49. The monoisotopic (exact) mass is 288 g/mol. The van der Waals surface area contributed by atoms with Gasteiger partial charge in [-0.3, -0.25) is 9.88 Å². The van der Waals surface area contributed by atoms with Crippen molar-refractivity contribution in [3.8, 4) is 0 Å². The molecule has 1 fully saturated rings. The molecular weight excluding hydrogens is 275 g/mol. The van der Waals surface area contributed by atoms with Crippen LogP contribution < -0.4 is 0 Å². The Labute approximate surface area is 104 Å². The lowest BCUT2D eigenvalue weighted by molar-refractivity contribution is 0.317. The second kappa shape index (κ2) is 5.28. The number of alkyl halides is 1. The van der Waals surface area contributed by atoms with Crippen LogP contribution in [0.25, 0.3) is 0 Å². The number of rotatable bonds is 3. The number of aromatic nitrogens is 1. The highest BCUT2D eigenvalue weighted by Gasteiger charge is 2.21. The Hall–Kier alpha value is -0.120. The number of hydrogen-bond acceptors (Lipinski definition) is 2. The standard InChI is InChI=1S/C11H14BrClN2/c12-10-1-2-11(14-6-10)8-15-4-3-9(5-13)7-15/h1-2,6,9H,3-5,7-8H2. The molecule has 1 aromatic heterocycles. The molecule has 0 radical (unpaired) electrons. The fourth-order valence-corrected chi connectivity index (χ4v) is 2.40. The van der Waals surface area contributed by atoms with E-state index in [1.165, 1.54) is 6.42 Å². The first-order chi connectivity index (χ1) is 7.28. The second-order valence-corrected chi connectivity index (χ2v) is 5.24. The van der Waals surface area contributed by atoms with E-state index in [-0.39, 0.29) is 0 Å². The van der Waals surface area contributed by atoms with Crippen LogP contribution in [0.5, 0.6) is 0 Å². The van der Waals surface area contributed by atoms with E-state index in [0.29, 0.717) is 5.92 Å². The van der Waals surface area contributed by atoms with Crippen LogP contribution in [0, 0.1) is 5.92 Å². The van der Waals surface area contributed by atoms with Crippen LogP contribution in [0.3, 0.4) is 0 Å². The number of pyridine rings is 1. The van der Waals surface area contributed by atoms with Gasteiger partial charge < -0.3 is 0 Å². The van der Waals surface area contributed by atoms with Crippen LogP contribution in [-0.4, -0.2) is 28.9 Å². The van der Waals surface area contributed by atoms with Gasteiger partial charge in [-0.25, -0.2) is 0 Å². The summed E-state index contributed by atoms with van der Waals surface area (Å²) in [5, 5.41) is 0. The minimum Gasteiger partial charge on any atom is -0.297 e. The van der Waals surface area contributed by atoms with Crippen LogP contribution in [0.2, 0.25) is 0 Å². The average Bonchev–Trinajstić information content (AvgIpc) is 2.69. The molecule has 0 aromatic carbocycles. The lowest BCUT2D eigenvalue weighted by atomic mass is 10.2. The number of likely N-dealkylation sites (tertiary alicyclic amines) is 1. The van der Waals surface area contributed by atoms with Gasteiger partial charge >= 0.3 is 0 Å². The quantitative estimate of drug-likeness (QED) is 0.796. The number of hydrogen-bond donors (Lipinski definition) is 0. The van der Waals surface area contributed by atoms with Crippen LogP contribution in [0.15, 0.2) is 22.8 Å². The highest BCUT2D eigenvalue weighted by atomic mass is 79.9. The molecule has 1 aliphatic heterocycles. The summed E-state index contributed by atoms with van der Waals surface area (Å²) in [7, 11) is 0. The van der Waals surface area contributed by atoms with Crippen LogP contribution in [-0.2, 0) is 6.54 Å². The maximum absolute atomic E-state index is 5.85. The Morgan fingerprint density at radius 1 is 1.53 bits per heavy atom. The fourth-order valence-electron chi connectivity index (χ4n) is 1.91. The number of nitrogens with zero attached hydrogens (tertiary/aromatic N) is 2. The predicted molar refractivity (Wildman–Crippen MR) is 66.0 cm³/mol. The summed E-state index contributed by atoms with van der Waals surface area (Å²) in [5.74, 6) is 1.45. The second-order valence-electron chi connectivity index (χ2n) is 4.01. The van der Waals surface area contributed by atoms with Gasteiger partial charge in [0.1, 0.15) is 0 Å². The van der Waals surface area contributed by atoms with Crippen LogP contribution in [0.4, 0.5) is 0 Å². The van der Waals surface area contributed by atoms with E-state index in [9.17, 15) is 0 Å². The largest absolute Gasteiger partial charge is 0.297 e. The summed E-state index contributed by atoms with van der Waals surface area (Å²) >= 11 is 9.23. The molecule has 1 saturated heterocycles. The smallest absolute Gasteiger partial charge is 0.0544 e. The zero-order valence-corrected chi connectivity index (χ0v) is 10.8. The Morgan fingerprint density at radius 3 is 3.00 bits per heavy atom. The SMILES string of the molecule is ClCC1CCN(Cc2ccc(Br)cn2)C1. The van der Waals surface area contributed by atoms with Crippen molar-refractivity contribution in [1.29, 1.82) is 0 Å². The average molecular weight is 290 g/mol. The zero-order chi connectivity index (χ0) is 10.7. The molecule has 0 amide bonds. The van der Waals surface area contributed by atoms with Crippen molar-refractivity contribution < 1.29 is 0 Å². The molecule has 0 bridgehead atoms. The third kappa shape index (κ3) is 3.16. The minimum atomic E-state index is 0.669. The van der Waals surface area contributed by atoms with E-state index in [1.54, 1.807) is 0 Å². The molecule has 2 nitrogen and oxygen atoms in total. The third-order valence-electron chi connectivity index (χ3n) is 2.76. The number of halogens is 2. The molecule has 0 spiro atoms. The van der Waals surface area contributed by atoms with Crippen LogP contribution >= 0.6 is 27.5 Å². The van der Waals surface area contributed by atoms with Gasteiger partial charge in [0.05, 0.1) is 5.69 Å². The maximum Gasteiger partial charge on any atom is 0.0544 e. The molecule has 2 rings (SSSR count). The van der Waals surface area contributed by atoms with E-state index in [0.717, 1.165) is 35.7 Å². The summed E-state index contributed by atoms with van der Waals surface area (Å²) in [6, 6.07) is 4.11. The lowest BCUT2D eigenvalue weighted by Gasteiger charge is -2.14. The van der Waals surface area contributed by atoms with E-state index < -0.39 is 0 Å². The zero-order valence-electron chi connectivity index (χ0n) is 8.50. The van der Waals surface area contributed by atoms with Crippen molar-refractivity contribution in [1.82, 2.24) is 9.88 Å². The van der Waals surface area contributed by atoms with E-state index in [2.05, 4.69) is 31.9 Å². The molecule has 0 aliphatic carbocycles. The summed E-state index contributed by atoms with van der Waals surface area (Å²) in [6.07, 6.45) is 3.07. The van der Waals surface area contributed by atoms with Crippen LogP contribution in [0.1, 0.15) is 12.1 Å². The Morgan fingerprint density at radius 2 is 2.40 bits per heavy atom. The summed E-state index contributed by atoms with van der Waals surface area (Å²) in [4.78, 5) is 6.79. The summed E-state index contributed by atoms with van der Waals surface area (Å²) < 4.78 is 1.03. The highest BCUT2D eigenvalue weighted by Crippen LogP contribution is 2.19. The van der Waals surface area contributed by atoms with Crippen molar-refractivity contribution in [3.05, 3.63) is 28.5 Å². The van der Waals surface area contributed by atoms with Crippen molar-refractivity contribution in [3.63, 3.8) is 0 Å². The molecule has 0 N–H and O–H groups in total. The van der Waals surface area contributed by atoms with E-state index >= 15 is 0 Å². The Balaban J connectivity index is 1.90. The molecule has 4 heteroatoms. The molecule has 0 saturated carbocycles. The van der Waals surface area contributed by atoms with Gasteiger partial charge in [-0.05, 0) is 46.9 Å². The van der Waals surface area contributed by atoms with Gasteiger partial charge in [0.2, 0.25) is 0 Å². The van der Waals surface area contributed by atoms with E-state index in [1.807, 2.05) is 12.3 Å². The van der Waals surface area contributed by atoms with Crippen molar-refractivity contribution in [2.24, 2.45) is 5.92 Å². The Bertz CT molecular complexity index is 315.